The zero-order valence-electron chi connectivity index (χ0n) is 33.5. The Balaban J connectivity index is 1.36. The number of phenolic OH excluding ortho intramolecular Hbond substituents is 2. The highest BCUT2D eigenvalue weighted by atomic mass is 16.7. The van der Waals surface area contributed by atoms with E-state index in [1.54, 1.807) is 26.0 Å². The van der Waals surface area contributed by atoms with Gasteiger partial charge >= 0.3 is 0 Å². The highest BCUT2D eigenvalue weighted by Crippen LogP contribution is 2.61. The number of aliphatic hydroxyl groups is 10. The fraction of sp³-hybridized carbons (Fsp3) is 0.524. The molecule has 8 rings (SSSR count). The number of aliphatic hydroxyl groups excluding tert-OH is 10. The first-order chi connectivity index (χ1) is 28.3. The van der Waals surface area contributed by atoms with Gasteiger partial charge in [0.25, 0.3) is 0 Å². The number of aryl methyl sites for hydroxylation is 2. The molecule has 0 aromatic heterocycles. The summed E-state index contributed by atoms with van der Waals surface area (Å²) in [6, 6.07) is 3.58. The molecule has 4 aliphatic heterocycles. The second kappa shape index (κ2) is 15.3. The van der Waals surface area contributed by atoms with Gasteiger partial charge in [0.15, 0.2) is 23.0 Å². The Hall–Kier alpha value is -4.28. The molecule has 60 heavy (non-hydrogen) atoms. The Morgan fingerprint density at radius 1 is 0.550 bits per heavy atom. The van der Waals surface area contributed by atoms with E-state index in [0.29, 0.717) is 54.9 Å². The molecule has 4 heterocycles. The van der Waals surface area contributed by atoms with Crippen molar-refractivity contribution >= 4 is 21.5 Å². The average Bonchev–Trinajstić information content (AvgIpc) is 3.72. The second-order valence-electron chi connectivity index (χ2n) is 16.5. The molecule has 0 radical (unpaired) electrons. The van der Waals surface area contributed by atoms with E-state index in [4.69, 9.17) is 28.4 Å². The van der Waals surface area contributed by atoms with Crippen molar-refractivity contribution in [3.8, 4) is 45.6 Å². The van der Waals surface area contributed by atoms with Gasteiger partial charge in [-0.1, -0.05) is 39.8 Å². The largest absolute Gasteiger partial charge is 0.504 e. The molecular weight excluding hydrogens is 792 g/mol. The first-order valence-electron chi connectivity index (χ1n) is 19.7. The monoisotopic (exact) mass is 842 g/mol. The molecule has 4 aliphatic rings. The Morgan fingerprint density at radius 2 is 0.900 bits per heavy atom. The molecular formula is C42H50O18. The third-order valence-corrected chi connectivity index (χ3v) is 12.0. The maximum absolute atomic E-state index is 11.8. The van der Waals surface area contributed by atoms with E-state index in [1.807, 2.05) is 27.7 Å². The molecule has 0 amide bonds. The van der Waals surface area contributed by atoms with Crippen LogP contribution in [-0.4, -0.2) is 136 Å². The molecule has 0 bridgehead atoms. The number of benzene rings is 4. The highest BCUT2D eigenvalue weighted by molar-refractivity contribution is 6.10. The summed E-state index contributed by atoms with van der Waals surface area (Å²) >= 11 is 0. The number of ether oxygens (including phenoxy) is 6. The summed E-state index contributed by atoms with van der Waals surface area (Å²) in [5.74, 6) is -1.93. The van der Waals surface area contributed by atoms with Gasteiger partial charge in [0.2, 0.25) is 25.2 Å². The van der Waals surface area contributed by atoms with E-state index in [1.165, 1.54) is 0 Å². The maximum Gasteiger partial charge on any atom is 0.229 e. The van der Waals surface area contributed by atoms with Gasteiger partial charge in [-0.05, 0) is 47.6 Å². The molecule has 12 N–H and O–H groups in total. The molecule has 12 atom stereocenters. The van der Waals surface area contributed by atoms with Crippen molar-refractivity contribution in [2.24, 2.45) is 0 Å². The van der Waals surface area contributed by atoms with Crippen molar-refractivity contribution in [3.63, 3.8) is 0 Å². The van der Waals surface area contributed by atoms with Crippen molar-refractivity contribution in [2.75, 3.05) is 13.2 Å². The summed E-state index contributed by atoms with van der Waals surface area (Å²) in [4.78, 5) is 0. The molecule has 0 spiro atoms. The van der Waals surface area contributed by atoms with Crippen LogP contribution < -0.4 is 18.9 Å². The van der Waals surface area contributed by atoms with E-state index >= 15 is 0 Å². The number of aromatic hydroxyl groups is 2. The van der Waals surface area contributed by atoms with E-state index in [9.17, 15) is 61.3 Å². The zero-order valence-corrected chi connectivity index (χ0v) is 33.5. The fourth-order valence-electron chi connectivity index (χ4n) is 9.15. The van der Waals surface area contributed by atoms with Crippen LogP contribution in [0.5, 0.6) is 34.5 Å². The molecule has 2 fully saturated rings. The smallest absolute Gasteiger partial charge is 0.229 e. The van der Waals surface area contributed by atoms with Crippen LogP contribution >= 0.6 is 0 Å². The number of phenols is 2. The molecule has 0 saturated carbocycles. The van der Waals surface area contributed by atoms with Crippen molar-refractivity contribution in [3.05, 3.63) is 45.5 Å². The molecule has 2 saturated heterocycles. The van der Waals surface area contributed by atoms with Gasteiger partial charge in [-0.25, -0.2) is 0 Å². The fourth-order valence-corrected chi connectivity index (χ4v) is 9.15. The number of hydrogen-bond acceptors (Lipinski definition) is 18. The highest BCUT2D eigenvalue weighted by Gasteiger charge is 2.49. The van der Waals surface area contributed by atoms with E-state index in [2.05, 4.69) is 0 Å². The van der Waals surface area contributed by atoms with E-state index in [0.717, 1.165) is 0 Å². The summed E-state index contributed by atoms with van der Waals surface area (Å²) in [5.41, 5.74) is 2.66. The van der Waals surface area contributed by atoms with Gasteiger partial charge in [-0.2, -0.15) is 0 Å². The van der Waals surface area contributed by atoms with Gasteiger partial charge in [-0.15, -0.1) is 0 Å². The van der Waals surface area contributed by atoms with Crippen molar-refractivity contribution in [1.29, 1.82) is 0 Å². The Morgan fingerprint density at radius 3 is 1.22 bits per heavy atom. The van der Waals surface area contributed by atoms with Gasteiger partial charge in [0.1, 0.15) is 60.3 Å². The lowest BCUT2D eigenvalue weighted by atomic mass is 9.84. The van der Waals surface area contributed by atoms with Crippen LogP contribution in [0.1, 0.15) is 85.5 Å². The molecule has 4 aromatic rings. The van der Waals surface area contributed by atoms with Crippen LogP contribution in [0, 0.1) is 13.8 Å². The molecule has 0 aliphatic carbocycles. The molecule has 326 valence electrons. The van der Waals surface area contributed by atoms with Crippen LogP contribution in [-0.2, 0) is 9.47 Å². The van der Waals surface area contributed by atoms with Gasteiger partial charge < -0.3 is 89.7 Å². The standard InChI is InChI=1S/C42H50O18/c1-11(2)19-15-7-13(5)21(35-23(15)25(39(53)57-35)37(29(19)47)59-41-33(51)31(49)27(45)17(9-43)55-41)22-14(6)8-16-20(12(3)4)30(48)38(26-24(16)36(22)58-40(26)54)60-42-34(52)32(50)28(46)18(10-44)56-42/h7-8,11-12,17-18,27-28,31-34,39-54H,9-10H2,1-6H3/t17-,18-,27-,28-,31+,32+,33-,34-,39?,40?,41+,42+/m1/s1. The lowest BCUT2D eigenvalue weighted by molar-refractivity contribution is -0.278. The van der Waals surface area contributed by atoms with E-state index < -0.39 is 98.7 Å². The minimum Gasteiger partial charge on any atom is -0.504 e. The molecule has 2 unspecified atom stereocenters. The minimum absolute atomic E-state index is 0.0427. The van der Waals surface area contributed by atoms with Crippen LogP contribution in [0.4, 0.5) is 0 Å². The lowest BCUT2D eigenvalue weighted by Crippen LogP contribution is -2.60. The summed E-state index contributed by atoms with van der Waals surface area (Å²) in [6.45, 7) is 9.38. The Labute approximate surface area is 342 Å². The Kier molecular flexibility index (Phi) is 10.8. The third-order valence-electron chi connectivity index (χ3n) is 12.0. The maximum atomic E-state index is 11.8. The van der Waals surface area contributed by atoms with Crippen LogP contribution in [0.2, 0.25) is 0 Å². The summed E-state index contributed by atoms with van der Waals surface area (Å²) in [5, 5.41) is 132. The first-order valence-corrected chi connectivity index (χ1v) is 19.7. The predicted octanol–water partition coefficient (Wildman–Crippen LogP) is 1.06. The summed E-state index contributed by atoms with van der Waals surface area (Å²) in [6.07, 6.45) is -20.3. The van der Waals surface area contributed by atoms with Crippen molar-refractivity contribution < 1.29 is 89.7 Å². The number of rotatable bonds is 9. The van der Waals surface area contributed by atoms with Gasteiger partial charge in [0, 0.05) is 33.0 Å². The van der Waals surface area contributed by atoms with Crippen LogP contribution in [0.25, 0.3) is 32.7 Å². The minimum atomic E-state index is -1.84. The second-order valence-corrected chi connectivity index (χ2v) is 16.5. The zero-order chi connectivity index (χ0) is 43.5. The van der Waals surface area contributed by atoms with Gasteiger partial charge in [0.05, 0.1) is 24.3 Å². The lowest BCUT2D eigenvalue weighted by Gasteiger charge is -2.40. The van der Waals surface area contributed by atoms with Crippen molar-refractivity contribution in [1.82, 2.24) is 0 Å². The molecule has 18 heteroatoms. The third kappa shape index (κ3) is 6.16. The molecule has 4 aromatic carbocycles. The first kappa shape index (κ1) is 42.4. The SMILES string of the molecule is Cc1cc2c(C(C)C)c(O)c(O[C@@H]3O[C@H](CO)[C@@H](O)[C@H](O)[C@H]3O)c3c2c(c1-c1c(C)cc2c(C(C)C)c(O)c(O[C@@H]4O[C@H](CO)[C@@H](O)[C@H](O)[C@H]4O)c4c2c1OC4O)OC3O. The van der Waals surface area contributed by atoms with Crippen LogP contribution in [0.3, 0.4) is 0 Å². The average molecular weight is 843 g/mol. The van der Waals surface area contributed by atoms with Gasteiger partial charge in [-0.3, -0.25) is 0 Å². The van der Waals surface area contributed by atoms with E-state index in [-0.39, 0.29) is 46.0 Å². The van der Waals surface area contributed by atoms with Crippen molar-refractivity contribution in [2.45, 2.75) is 127 Å². The Bertz CT molecular complexity index is 2200. The quantitative estimate of drug-likeness (QED) is 0.112. The normalized spacial score (nSPS) is 31.0. The summed E-state index contributed by atoms with van der Waals surface area (Å²) in [7, 11) is 0. The predicted molar refractivity (Wildman–Crippen MR) is 208 cm³/mol. The topological polar surface area (TPSA) is 298 Å². The van der Waals surface area contributed by atoms with Crippen LogP contribution in [0.15, 0.2) is 12.1 Å². The summed E-state index contributed by atoms with van der Waals surface area (Å²) < 4.78 is 35.7. The number of hydrogen-bond donors (Lipinski definition) is 12. The molecule has 18 nitrogen and oxygen atoms in total.